The quantitative estimate of drug-likeness (QED) is 0.332. The van der Waals surface area contributed by atoms with Crippen molar-refractivity contribution in [1.29, 1.82) is 0 Å². The molecule has 0 N–H and O–H groups in total. The monoisotopic (exact) mass is 543 g/mol. The minimum absolute atomic E-state index is 0.180. The van der Waals surface area contributed by atoms with Crippen molar-refractivity contribution in [3.63, 3.8) is 0 Å². The van der Waals surface area contributed by atoms with E-state index in [9.17, 15) is 18.0 Å². The second kappa shape index (κ2) is 10.2. The molecule has 3 atom stereocenters. The molecular formula is C24H19Cl3F3N3O2. The molecule has 5 nitrogen and oxygen atoms in total. The van der Waals surface area contributed by atoms with Crippen LogP contribution in [0.4, 0.5) is 13.2 Å². The van der Waals surface area contributed by atoms with E-state index in [1.54, 1.807) is 36.1 Å². The lowest BCUT2D eigenvalue weighted by Crippen LogP contribution is -2.32. The minimum Gasteiger partial charge on any atom is -0.474 e. The molecule has 3 aromatic rings. The van der Waals surface area contributed by atoms with Gasteiger partial charge in [-0.15, -0.1) is 0 Å². The fourth-order valence-corrected chi connectivity index (χ4v) is 4.73. The van der Waals surface area contributed by atoms with Crippen LogP contribution >= 0.6 is 34.8 Å². The van der Waals surface area contributed by atoms with Gasteiger partial charge >= 0.3 is 6.18 Å². The van der Waals surface area contributed by atoms with Gasteiger partial charge in [-0.3, -0.25) is 4.79 Å². The van der Waals surface area contributed by atoms with Crippen molar-refractivity contribution in [2.75, 3.05) is 13.1 Å². The van der Waals surface area contributed by atoms with Gasteiger partial charge in [0.15, 0.2) is 0 Å². The summed E-state index contributed by atoms with van der Waals surface area (Å²) in [5, 5.41) is 0.891. The Morgan fingerprint density at radius 3 is 2.51 bits per heavy atom. The number of hydrogen-bond donors (Lipinski definition) is 0. The summed E-state index contributed by atoms with van der Waals surface area (Å²) < 4.78 is 46.2. The molecule has 4 rings (SSSR count). The topological polar surface area (TPSA) is 55.3 Å². The highest BCUT2D eigenvalue weighted by atomic mass is 35.5. The third-order valence-electron chi connectivity index (χ3n) is 5.97. The number of likely N-dealkylation sites (tertiary alicyclic amines) is 1. The molecule has 0 saturated carbocycles. The second-order valence-corrected chi connectivity index (χ2v) is 9.40. The molecule has 2 aromatic heterocycles. The Balaban J connectivity index is 1.65. The molecule has 0 bridgehead atoms. The highest BCUT2D eigenvalue weighted by Crippen LogP contribution is 2.40. The van der Waals surface area contributed by atoms with E-state index in [2.05, 4.69) is 9.97 Å². The van der Waals surface area contributed by atoms with Crippen molar-refractivity contribution in [3.05, 3.63) is 86.7 Å². The third-order valence-corrected chi connectivity index (χ3v) is 6.92. The average Bonchev–Trinajstić information content (AvgIpc) is 3.26. The standard InChI is InChI=1S/C24H19Cl3F3N3O2/c1-13(35-22-18(24(28,29)30)3-2-7-32-22)16-11-33(23(34)15-6-8-31-21(27)10-15)12-17(16)14-4-5-19(25)20(26)9-14/h2-10,13,16-17H,11-12H2,1H3/t13-,16?,17?/m0/s1. The maximum atomic E-state index is 13.5. The van der Waals surface area contributed by atoms with E-state index >= 15 is 0 Å². The van der Waals surface area contributed by atoms with E-state index in [-0.39, 0.29) is 29.4 Å². The van der Waals surface area contributed by atoms with Crippen LogP contribution < -0.4 is 4.74 Å². The molecule has 2 unspecified atom stereocenters. The zero-order valence-corrected chi connectivity index (χ0v) is 20.5. The number of hydrogen-bond acceptors (Lipinski definition) is 4. The van der Waals surface area contributed by atoms with Crippen LogP contribution in [0.2, 0.25) is 15.2 Å². The van der Waals surface area contributed by atoms with Crippen LogP contribution in [0.25, 0.3) is 0 Å². The van der Waals surface area contributed by atoms with Crippen LogP contribution in [0.15, 0.2) is 54.9 Å². The van der Waals surface area contributed by atoms with Crippen molar-refractivity contribution in [1.82, 2.24) is 14.9 Å². The van der Waals surface area contributed by atoms with Crippen LogP contribution in [-0.4, -0.2) is 40.0 Å². The maximum Gasteiger partial charge on any atom is 0.421 e. The van der Waals surface area contributed by atoms with Gasteiger partial charge < -0.3 is 9.64 Å². The highest BCUT2D eigenvalue weighted by Gasteiger charge is 2.42. The molecule has 184 valence electrons. The Kier molecular flexibility index (Phi) is 7.45. The predicted octanol–water partition coefficient (Wildman–Crippen LogP) is 6.78. The molecule has 1 amide bonds. The van der Waals surface area contributed by atoms with E-state index < -0.39 is 23.7 Å². The van der Waals surface area contributed by atoms with Crippen LogP contribution in [0.5, 0.6) is 5.88 Å². The largest absolute Gasteiger partial charge is 0.474 e. The van der Waals surface area contributed by atoms with E-state index in [0.29, 0.717) is 22.2 Å². The molecule has 0 spiro atoms. The van der Waals surface area contributed by atoms with Crippen LogP contribution in [0, 0.1) is 5.92 Å². The molecule has 11 heteroatoms. The van der Waals surface area contributed by atoms with Gasteiger partial charge in [-0.05, 0) is 48.9 Å². The zero-order chi connectivity index (χ0) is 25.3. The number of carbonyl (C=O) groups excluding carboxylic acids is 1. The first-order chi connectivity index (χ1) is 16.5. The molecule has 0 aliphatic carbocycles. The lowest BCUT2D eigenvalue weighted by molar-refractivity contribution is -0.139. The number of alkyl halides is 3. The van der Waals surface area contributed by atoms with Crippen LogP contribution in [0.3, 0.4) is 0 Å². The van der Waals surface area contributed by atoms with Gasteiger partial charge in [-0.25, -0.2) is 9.97 Å². The summed E-state index contributed by atoms with van der Waals surface area (Å²) in [7, 11) is 0. The summed E-state index contributed by atoms with van der Waals surface area (Å²) in [4.78, 5) is 22.5. The number of carbonyl (C=O) groups is 1. The minimum atomic E-state index is -4.62. The maximum absolute atomic E-state index is 13.5. The Bertz CT molecular complexity index is 1240. The third kappa shape index (κ3) is 5.66. The van der Waals surface area contributed by atoms with E-state index in [0.717, 1.165) is 11.6 Å². The summed E-state index contributed by atoms with van der Waals surface area (Å²) in [6.45, 7) is 2.20. The fraction of sp³-hybridized carbons (Fsp3) is 0.292. The number of pyridine rings is 2. The number of halogens is 6. The van der Waals surface area contributed by atoms with Gasteiger partial charge in [-0.2, -0.15) is 13.2 Å². The van der Waals surface area contributed by atoms with Crippen molar-refractivity contribution in [2.24, 2.45) is 5.92 Å². The van der Waals surface area contributed by atoms with Crippen molar-refractivity contribution >= 4 is 40.7 Å². The number of nitrogens with zero attached hydrogens (tertiary/aromatic N) is 3. The van der Waals surface area contributed by atoms with Gasteiger partial charge in [0.05, 0.1) is 10.0 Å². The molecule has 1 aliphatic rings. The lowest BCUT2D eigenvalue weighted by atomic mass is 9.85. The summed E-state index contributed by atoms with van der Waals surface area (Å²) in [5.41, 5.74) is 0.187. The van der Waals surface area contributed by atoms with Crippen molar-refractivity contribution < 1.29 is 22.7 Å². The number of ether oxygens (including phenoxy) is 1. The van der Waals surface area contributed by atoms with Gasteiger partial charge in [-0.1, -0.05) is 40.9 Å². The van der Waals surface area contributed by atoms with Crippen LogP contribution in [0.1, 0.15) is 34.3 Å². The van der Waals surface area contributed by atoms with Gasteiger partial charge in [0, 0.05) is 42.9 Å². The number of amides is 1. The Hall–Kier alpha value is -2.55. The molecular weight excluding hydrogens is 526 g/mol. The summed E-state index contributed by atoms with van der Waals surface area (Å²) in [6.07, 6.45) is -2.66. The smallest absolute Gasteiger partial charge is 0.421 e. The molecule has 3 heterocycles. The first-order valence-electron chi connectivity index (χ1n) is 10.6. The zero-order valence-electron chi connectivity index (χ0n) is 18.3. The van der Waals surface area contributed by atoms with E-state index in [4.69, 9.17) is 39.5 Å². The first kappa shape index (κ1) is 25.5. The molecule has 1 saturated heterocycles. The van der Waals surface area contributed by atoms with Crippen molar-refractivity contribution in [3.8, 4) is 5.88 Å². The van der Waals surface area contributed by atoms with E-state index in [1.165, 1.54) is 24.5 Å². The molecule has 1 fully saturated rings. The van der Waals surface area contributed by atoms with Crippen LogP contribution in [-0.2, 0) is 6.18 Å². The Morgan fingerprint density at radius 2 is 1.83 bits per heavy atom. The normalized spacial score (nSPS) is 19.0. The Morgan fingerprint density at radius 1 is 1.06 bits per heavy atom. The predicted molar refractivity (Wildman–Crippen MR) is 127 cm³/mol. The van der Waals surface area contributed by atoms with Crippen molar-refractivity contribution in [2.45, 2.75) is 25.1 Å². The molecule has 0 radical (unpaired) electrons. The molecule has 1 aliphatic heterocycles. The molecule has 1 aromatic carbocycles. The number of aromatic nitrogens is 2. The summed E-state index contributed by atoms with van der Waals surface area (Å²) >= 11 is 18.3. The molecule has 35 heavy (non-hydrogen) atoms. The Labute approximate surface area is 214 Å². The summed E-state index contributed by atoms with van der Waals surface area (Å²) in [6, 6.07) is 10.3. The lowest BCUT2D eigenvalue weighted by Gasteiger charge is -2.26. The fourth-order valence-electron chi connectivity index (χ4n) is 4.25. The van der Waals surface area contributed by atoms with Gasteiger partial charge in [0.2, 0.25) is 5.88 Å². The van der Waals surface area contributed by atoms with Gasteiger partial charge in [0.25, 0.3) is 5.91 Å². The summed E-state index contributed by atoms with van der Waals surface area (Å²) in [5.74, 6) is -1.43. The van der Waals surface area contributed by atoms with E-state index in [1.807, 2.05) is 0 Å². The van der Waals surface area contributed by atoms with Gasteiger partial charge in [0.1, 0.15) is 16.8 Å². The first-order valence-corrected chi connectivity index (χ1v) is 11.7. The highest BCUT2D eigenvalue weighted by molar-refractivity contribution is 6.42. The average molecular weight is 545 g/mol. The second-order valence-electron chi connectivity index (χ2n) is 8.20. The SMILES string of the molecule is C[C@H](Oc1ncccc1C(F)(F)F)C1CN(C(=O)c2ccnc(Cl)c2)CC1c1ccc(Cl)c(Cl)c1. The number of benzene rings is 1. The number of rotatable bonds is 5.